The molecule has 0 amide bonds. The van der Waals surface area contributed by atoms with E-state index in [9.17, 15) is 0 Å². The van der Waals surface area contributed by atoms with E-state index in [-0.39, 0.29) is 33.3 Å². The lowest BCUT2D eigenvalue weighted by molar-refractivity contribution is -0.296. The molecule has 0 aromatic rings. The molecule has 0 aromatic heterocycles. The van der Waals surface area contributed by atoms with Crippen LogP contribution in [0.4, 0.5) is 0 Å². The van der Waals surface area contributed by atoms with Crippen LogP contribution in [0.2, 0.25) is 36.3 Å². The summed E-state index contributed by atoms with van der Waals surface area (Å²) in [6.45, 7) is 36.6. The zero-order valence-corrected chi connectivity index (χ0v) is 33.5. The van der Waals surface area contributed by atoms with Crippen LogP contribution in [0, 0.1) is 34.5 Å². The zero-order valence-electron chi connectivity index (χ0n) is 31.5. The number of rotatable bonds is 8. The molecule has 0 N–H and O–H groups in total. The monoisotopic (exact) mass is 646 g/mol. The van der Waals surface area contributed by atoms with Gasteiger partial charge in [-0.2, -0.15) is 0 Å². The number of epoxide rings is 1. The number of hydrogen-bond acceptors (Lipinski definition) is 4. The first-order chi connectivity index (χ1) is 19.9. The summed E-state index contributed by atoms with van der Waals surface area (Å²) in [4.78, 5) is 0. The highest BCUT2D eigenvalue weighted by molar-refractivity contribution is 6.74. The van der Waals surface area contributed by atoms with Gasteiger partial charge in [-0.15, -0.1) is 0 Å². The van der Waals surface area contributed by atoms with Gasteiger partial charge in [0.05, 0.1) is 18.3 Å². The Hall–Kier alpha value is 0.0138. The number of ether oxygens (including phenoxy) is 2. The summed E-state index contributed by atoms with van der Waals surface area (Å²) in [6, 6.07) is 0. The molecule has 6 heteroatoms. The van der Waals surface area contributed by atoms with Crippen molar-refractivity contribution in [1.82, 2.24) is 0 Å². The van der Waals surface area contributed by atoms with E-state index in [0.717, 1.165) is 24.7 Å². The van der Waals surface area contributed by atoms with Crippen molar-refractivity contribution in [1.29, 1.82) is 0 Å². The summed E-state index contributed by atoms with van der Waals surface area (Å²) in [7, 11) is -4.26. The van der Waals surface area contributed by atoms with E-state index in [4.69, 9.17) is 18.3 Å². The molecule has 1 heterocycles. The molecule has 0 aromatic carbocycles. The van der Waals surface area contributed by atoms with Crippen LogP contribution in [-0.2, 0) is 18.3 Å². The summed E-state index contributed by atoms with van der Waals surface area (Å²) in [5, 5.41) is 0.229. The molecular weight excluding hydrogens is 577 g/mol. The van der Waals surface area contributed by atoms with Crippen LogP contribution >= 0.6 is 0 Å². The Labute approximate surface area is 274 Å². The van der Waals surface area contributed by atoms with Gasteiger partial charge in [0.2, 0.25) is 0 Å². The van der Waals surface area contributed by atoms with Crippen LogP contribution < -0.4 is 0 Å². The molecule has 1 unspecified atom stereocenters. The molecule has 44 heavy (non-hydrogen) atoms. The van der Waals surface area contributed by atoms with E-state index in [1.54, 1.807) is 5.57 Å². The molecule has 254 valence electrons. The molecule has 0 spiro atoms. The second-order valence-corrected chi connectivity index (χ2v) is 29.3. The van der Waals surface area contributed by atoms with E-state index >= 15 is 0 Å². The Morgan fingerprint density at radius 2 is 1.50 bits per heavy atom. The summed E-state index contributed by atoms with van der Waals surface area (Å²) < 4.78 is 28.8. The van der Waals surface area contributed by atoms with Gasteiger partial charge in [-0.25, -0.2) is 0 Å². The minimum Gasteiger partial charge on any atom is -0.413 e. The third-order valence-corrected chi connectivity index (χ3v) is 24.0. The van der Waals surface area contributed by atoms with Gasteiger partial charge >= 0.3 is 0 Å². The summed E-state index contributed by atoms with van der Waals surface area (Å²) in [6.07, 6.45) is 12.7. The first-order valence-corrected chi connectivity index (χ1v) is 24.1. The molecule has 4 fully saturated rings. The molecule has 4 aliphatic carbocycles. The lowest BCUT2D eigenvalue weighted by atomic mass is 9.46. The SMILES string of the molecule is CC[C@H]1CC[C@H]2[C@@H]3CC=C4C[C@@H](O[Si](C)(C)C(C)(C)C)C[C@](OCC5OC5(C)C)(O[Si](C)(C)C(C)(C)C)[C@]4(C)[C@H]3CC[C@]12C. The average molecular weight is 647 g/mol. The van der Waals surface area contributed by atoms with Crippen molar-refractivity contribution in [2.45, 2.75) is 187 Å². The fourth-order valence-electron chi connectivity index (χ4n) is 9.90. The molecule has 0 radical (unpaired) electrons. The van der Waals surface area contributed by atoms with Gasteiger partial charge in [0.1, 0.15) is 6.10 Å². The van der Waals surface area contributed by atoms with Crippen molar-refractivity contribution in [3.8, 4) is 0 Å². The predicted octanol–water partition coefficient (Wildman–Crippen LogP) is 10.9. The Morgan fingerprint density at radius 3 is 2.05 bits per heavy atom. The second-order valence-electron chi connectivity index (χ2n) is 19.8. The van der Waals surface area contributed by atoms with E-state index in [1.807, 2.05) is 0 Å². The van der Waals surface area contributed by atoms with Gasteiger partial charge in [0, 0.05) is 11.8 Å². The highest BCUT2D eigenvalue weighted by atomic mass is 28.4. The summed E-state index contributed by atoms with van der Waals surface area (Å²) in [5.41, 5.74) is 1.75. The molecule has 5 aliphatic rings. The summed E-state index contributed by atoms with van der Waals surface area (Å²) >= 11 is 0. The third-order valence-electron chi connectivity index (χ3n) is 15.0. The molecular formula is C38H70O4Si2. The van der Waals surface area contributed by atoms with Crippen molar-refractivity contribution in [2.75, 3.05) is 6.61 Å². The quantitative estimate of drug-likeness (QED) is 0.114. The van der Waals surface area contributed by atoms with Gasteiger partial charge in [-0.1, -0.05) is 80.4 Å². The molecule has 1 saturated heterocycles. The fourth-order valence-corrected chi connectivity index (χ4v) is 12.7. The Balaban J connectivity index is 1.62. The Kier molecular flexibility index (Phi) is 8.85. The van der Waals surface area contributed by atoms with Gasteiger partial charge < -0.3 is 18.3 Å². The van der Waals surface area contributed by atoms with Crippen molar-refractivity contribution >= 4 is 16.6 Å². The minimum absolute atomic E-state index is 0.0746. The first kappa shape index (κ1) is 35.3. The zero-order chi connectivity index (χ0) is 32.9. The Morgan fingerprint density at radius 1 is 0.886 bits per heavy atom. The van der Waals surface area contributed by atoms with Crippen molar-refractivity contribution < 1.29 is 18.3 Å². The van der Waals surface area contributed by atoms with Gasteiger partial charge in [0.15, 0.2) is 22.4 Å². The third kappa shape index (κ3) is 5.63. The van der Waals surface area contributed by atoms with Crippen molar-refractivity contribution in [2.24, 2.45) is 34.5 Å². The standard InChI is InChI=1S/C38H70O4Si2/c1-16-26-18-20-30-29-19-17-27-23-28(41-43(12,13)33(2,3)4)24-38(39-25-32-35(8,9)40-32,42-44(14,15)34(5,6)7)37(27,11)31(29)21-22-36(26,30)10/h17,26,28-32H,16,18-25H2,1-15H3/t26-,28+,29-,30-,31-,32?,36+,37-,38-/m0/s1. The first-order valence-electron chi connectivity index (χ1n) is 18.3. The van der Waals surface area contributed by atoms with Crippen LogP contribution in [0.3, 0.4) is 0 Å². The lowest BCUT2D eigenvalue weighted by Gasteiger charge is -2.65. The maximum atomic E-state index is 7.86. The van der Waals surface area contributed by atoms with E-state index < -0.39 is 22.4 Å². The maximum Gasteiger partial charge on any atom is 0.195 e. The minimum atomic E-state index is -2.25. The average Bonchev–Trinajstić information content (AvgIpc) is 3.33. The van der Waals surface area contributed by atoms with Gasteiger partial charge in [-0.3, -0.25) is 0 Å². The van der Waals surface area contributed by atoms with Gasteiger partial charge in [-0.05, 0) is 118 Å². The van der Waals surface area contributed by atoms with Crippen LogP contribution in [0.5, 0.6) is 0 Å². The molecule has 3 saturated carbocycles. The molecule has 5 rings (SSSR count). The number of allylic oxidation sites excluding steroid dienone is 1. The number of hydrogen-bond donors (Lipinski definition) is 0. The largest absolute Gasteiger partial charge is 0.413 e. The number of fused-ring (bicyclic) bond motifs is 5. The normalized spacial score (nSPS) is 42.3. The smallest absolute Gasteiger partial charge is 0.195 e. The van der Waals surface area contributed by atoms with E-state index in [2.05, 4.69) is 108 Å². The van der Waals surface area contributed by atoms with Crippen molar-refractivity contribution in [3.63, 3.8) is 0 Å². The predicted molar refractivity (Wildman–Crippen MR) is 189 cm³/mol. The van der Waals surface area contributed by atoms with Crippen LogP contribution in [-0.4, -0.2) is 46.8 Å². The van der Waals surface area contributed by atoms with Gasteiger partial charge in [0.25, 0.3) is 0 Å². The maximum absolute atomic E-state index is 7.86. The van der Waals surface area contributed by atoms with Crippen molar-refractivity contribution in [3.05, 3.63) is 11.6 Å². The lowest BCUT2D eigenvalue weighted by Crippen LogP contribution is -2.68. The molecule has 4 nitrogen and oxygen atoms in total. The van der Waals surface area contributed by atoms with Crippen LogP contribution in [0.1, 0.15) is 128 Å². The van der Waals surface area contributed by atoms with E-state index in [1.165, 1.54) is 38.5 Å². The highest BCUT2D eigenvalue weighted by Gasteiger charge is 2.68. The molecule has 1 aliphatic heterocycles. The fraction of sp³-hybridized carbons (Fsp3) is 0.947. The molecule has 9 atom stereocenters. The molecule has 0 bridgehead atoms. The second kappa shape index (κ2) is 11.0. The summed E-state index contributed by atoms with van der Waals surface area (Å²) in [5.74, 6) is 2.23. The topological polar surface area (TPSA) is 40.2 Å². The van der Waals surface area contributed by atoms with Crippen LogP contribution in [0.25, 0.3) is 0 Å². The Bertz CT molecular complexity index is 1110. The van der Waals surface area contributed by atoms with Crippen LogP contribution in [0.15, 0.2) is 11.6 Å². The van der Waals surface area contributed by atoms with E-state index in [0.29, 0.717) is 23.9 Å². The highest BCUT2D eigenvalue weighted by Crippen LogP contribution is 2.70.